The monoisotopic (exact) mass is 197 g/mol. The average Bonchev–Trinajstić information content (AvgIpc) is 2.53. The van der Waals surface area contributed by atoms with Gasteiger partial charge in [0.15, 0.2) is 0 Å². The van der Waals surface area contributed by atoms with Gasteiger partial charge in [0.25, 0.3) is 0 Å². The summed E-state index contributed by atoms with van der Waals surface area (Å²) in [5, 5.41) is 0.452. The van der Waals surface area contributed by atoms with Gasteiger partial charge in [-0.3, -0.25) is 4.79 Å². The predicted octanol–water partition coefficient (Wildman–Crippen LogP) is 2.11. The SMILES string of the molecule is O=C1CCC(c2ccc(Cl)nc2)O1. The fourth-order valence-electron chi connectivity index (χ4n) is 1.34. The van der Waals surface area contributed by atoms with Crippen LogP contribution in [0.4, 0.5) is 0 Å². The number of hydrogen-bond acceptors (Lipinski definition) is 3. The van der Waals surface area contributed by atoms with E-state index in [0.29, 0.717) is 11.6 Å². The van der Waals surface area contributed by atoms with E-state index in [9.17, 15) is 4.79 Å². The summed E-state index contributed by atoms with van der Waals surface area (Å²) in [4.78, 5) is 14.7. The molecule has 1 fully saturated rings. The number of esters is 1. The van der Waals surface area contributed by atoms with Crippen LogP contribution in [0.3, 0.4) is 0 Å². The first kappa shape index (κ1) is 8.51. The number of carbonyl (C=O) groups excluding carboxylic acids is 1. The molecule has 0 radical (unpaired) electrons. The van der Waals surface area contributed by atoms with E-state index in [1.807, 2.05) is 6.07 Å². The van der Waals surface area contributed by atoms with Crippen molar-refractivity contribution in [1.29, 1.82) is 0 Å². The van der Waals surface area contributed by atoms with Crippen LogP contribution in [0, 0.1) is 0 Å². The van der Waals surface area contributed by atoms with Gasteiger partial charge in [-0.15, -0.1) is 0 Å². The van der Waals surface area contributed by atoms with Gasteiger partial charge in [-0.25, -0.2) is 4.98 Å². The summed E-state index contributed by atoms with van der Waals surface area (Å²) < 4.78 is 5.07. The summed E-state index contributed by atoms with van der Waals surface area (Å²) in [6.45, 7) is 0. The second kappa shape index (κ2) is 3.34. The third-order valence-electron chi connectivity index (χ3n) is 2.01. The smallest absolute Gasteiger partial charge is 0.306 e. The molecule has 1 unspecified atom stereocenters. The highest BCUT2D eigenvalue weighted by Gasteiger charge is 2.24. The standard InChI is InChI=1S/C9H8ClNO2/c10-8-3-1-6(5-11-8)7-2-4-9(12)13-7/h1,3,5,7H,2,4H2. The van der Waals surface area contributed by atoms with E-state index in [1.165, 1.54) is 0 Å². The Morgan fingerprint density at radius 2 is 2.38 bits per heavy atom. The minimum Gasteiger partial charge on any atom is -0.457 e. The molecule has 1 aromatic rings. The zero-order valence-corrected chi connectivity index (χ0v) is 7.62. The van der Waals surface area contributed by atoms with E-state index in [-0.39, 0.29) is 12.1 Å². The number of nitrogens with zero attached hydrogens (tertiary/aromatic N) is 1. The third kappa shape index (κ3) is 1.80. The van der Waals surface area contributed by atoms with Crippen LogP contribution in [0.2, 0.25) is 5.15 Å². The highest BCUT2D eigenvalue weighted by atomic mass is 35.5. The van der Waals surface area contributed by atoms with E-state index < -0.39 is 0 Å². The fourth-order valence-corrected chi connectivity index (χ4v) is 1.45. The zero-order valence-electron chi connectivity index (χ0n) is 6.87. The molecule has 2 heterocycles. The van der Waals surface area contributed by atoms with Crippen molar-refractivity contribution in [3.05, 3.63) is 29.0 Å². The largest absolute Gasteiger partial charge is 0.457 e. The van der Waals surface area contributed by atoms with Gasteiger partial charge in [-0.2, -0.15) is 0 Å². The lowest BCUT2D eigenvalue weighted by Crippen LogP contribution is -1.98. The van der Waals surface area contributed by atoms with E-state index in [1.54, 1.807) is 12.3 Å². The highest BCUT2D eigenvalue weighted by Crippen LogP contribution is 2.28. The average molecular weight is 198 g/mol. The minimum atomic E-state index is -0.139. The molecule has 1 aliphatic rings. The summed E-state index contributed by atoms with van der Waals surface area (Å²) in [5.41, 5.74) is 0.912. The van der Waals surface area contributed by atoms with Crippen LogP contribution in [0.5, 0.6) is 0 Å². The van der Waals surface area contributed by atoms with Crippen molar-refractivity contribution in [1.82, 2.24) is 4.98 Å². The maximum Gasteiger partial charge on any atom is 0.306 e. The Hall–Kier alpha value is -1.09. The molecule has 1 atom stereocenters. The van der Waals surface area contributed by atoms with Gasteiger partial charge < -0.3 is 4.74 Å². The molecule has 4 heteroatoms. The lowest BCUT2D eigenvalue weighted by Gasteiger charge is -2.07. The van der Waals surface area contributed by atoms with E-state index in [4.69, 9.17) is 16.3 Å². The molecule has 0 aliphatic carbocycles. The Morgan fingerprint density at radius 1 is 1.54 bits per heavy atom. The Balaban J connectivity index is 2.17. The van der Waals surface area contributed by atoms with E-state index in [2.05, 4.69) is 4.98 Å². The molecule has 3 nitrogen and oxygen atoms in total. The molecule has 1 aliphatic heterocycles. The zero-order chi connectivity index (χ0) is 9.26. The summed E-state index contributed by atoms with van der Waals surface area (Å²) in [6.07, 6.45) is 2.75. The van der Waals surface area contributed by atoms with Crippen LogP contribution in [0.25, 0.3) is 0 Å². The van der Waals surface area contributed by atoms with Crippen molar-refractivity contribution in [2.45, 2.75) is 18.9 Å². The van der Waals surface area contributed by atoms with Gasteiger partial charge in [0.1, 0.15) is 11.3 Å². The molecule has 1 saturated heterocycles. The van der Waals surface area contributed by atoms with Gasteiger partial charge in [0.2, 0.25) is 0 Å². The maximum absolute atomic E-state index is 10.8. The lowest BCUT2D eigenvalue weighted by atomic mass is 10.1. The second-order valence-corrected chi connectivity index (χ2v) is 3.32. The van der Waals surface area contributed by atoms with Gasteiger partial charge in [-0.05, 0) is 12.5 Å². The predicted molar refractivity (Wildman–Crippen MR) is 47.3 cm³/mol. The molecule has 0 N–H and O–H groups in total. The lowest BCUT2D eigenvalue weighted by molar-refractivity contribution is -0.141. The summed E-state index contributed by atoms with van der Waals surface area (Å²) in [6, 6.07) is 3.53. The van der Waals surface area contributed by atoms with Crippen molar-refractivity contribution in [3.8, 4) is 0 Å². The second-order valence-electron chi connectivity index (χ2n) is 2.93. The number of halogens is 1. The van der Waals surface area contributed by atoms with Crippen molar-refractivity contribution in [2.24, 2.45) is 0 Å². The molecule has 0 amide bonds. The molecule has 68 valence electrons. The van der Waals surface area contributed by atoms with Crippen molar-refractivity contribution < 1.29 is 9.53 Å². The summed E-state index contributed by atoms with van der Waals surface area (Å²) in [7, 11) is 0. The Bertz CT molecular complexity index is 323. The molecule has 0 spiro atoms. The summed E-state index contributed by atoms with van der Waals surface area (Å²) >= 11 is 5.63. The number of aromatic nitrogens is 1. The number of hydrogen-bond donors (Lipinski definition) is 0. The van der Waals surface area contributed by atoms with Gasteiger partial charge in [0, 0.05) is 18.2 Å². The van der Waals surface area contributed by atoms with Crippen LogP contribution in [0.1, 0.15) is 24.5 Å². The molecular weight excluding hydrogens is 190 g/mol. The van der Waals surface area contributed by atoms with E-state index >= 15 is 0 Å². The Morgan fingerprint density at radius 3 is 2.92 bits per heavy atom. The van der Waals surface area contributed by atoms with E-state index in [0.717, 1.165) is 12.0 Å². The Kier molecular flexibility index (Phi) is 2.19. The van der Waals surface area contributed by atoms with Crippen LogP contribution in [0.15, 0.2) is 18.3 Å². The number of pyridine rings is 1. The summed E-state index contributed by atoms with van der Waals surface area (Å²) in [5.74, 6) is -0.139. The number of cyclic esters (lactones) is 1. The molecular formula is C9H8ClNO2. The van der Waals surface area contributed by atoms with Crippen molar-refractivity contribution in [3.63, 3.8) is 0 Å². The minimum absolute atomic E-state index is 0.128. The Labute approximate surface area is 80.7 Å². The molecule has 0 bridgehead atoms. The number of rotatable bonds is 1. The maximum atomic E-state index is 10.8. The molecule has 1 aromatic heterocycles. The fraction of sp³-hybridized carbons (Fsp3) is 0.333. The number of carbonyl (C=O) groups is 1. The molecule has 13 heavy (non-hydrogen) atoms. The van der Waals surface area contributed by atoms with Crippen molar-refractivity contribution >= 4 is 17.6 Å². The van der Waals surface area contributed by atoms with Gasteiger partial charge in [-0.1, -0.05) is 17.7 Å². The van der Waals surface area contributed by atoms with Crippen LogP contribution in [-0.4, -0.2) is 11.0 Å². The molecule has 0 aromatic carbocycles. The van der Waals surface area contributed by atoms with Gasteiger partial charge in [0.05, 0.1) is 0 Å². The highest BCUT2D eigenvalue weighted by molar-refractivity contribution is 6.29. The normalized spacial score (nSPS) is 21.6. The first-order valence-corrected chi connectivity index (χ1v) is 4.44. The van der Waals surface area contributed by atoms with Crippen molar-refractivity contribution in [2.75, 3.05) is 0 Å². The first-order valence-electron chi connectivity index (χ1n) is 4.06. The number of ether oxygens (including phenoxy) is 1. The van der Waals surface area contributed by atoms with Gasteiger partial charge >= 0.3 is 5.97 Å². The van der Waals surface area contributed by atoms with Crippen LogP contribution < -0.4 is 0 Å². The quantitative estimate of drug-likeness (QED) is 0.511. The first-order chi connectivity index (χ1) is 6.25. The topological polar surface area (TPSA) is 39.2 Å². The third-order valence-corrected chi connectivity index (χ3v) is 2.23. The molecule has 0 saturated carbocycles. The van der Waals surface area contributed by atoms with Crippen LogP contribution >= 0.6 is 11.6 Å². The van der Waals surface area contributed by atoms with Crippen LogP contribution in [-0.2, 0) is 9.53 Å². The molecule has 2 rings (SSSR count).